The zero-order valence-corrected chi connectivity index (χ0v) is 12.5. The molecule has 0 unspecified atom stereocenters. The van der Waals surface area contributed by atoms with Crippen LogP contribution >= 0.6 is 11.8 Å². The third-order valence-electron chi connectivity index (χ3n) is 3.02. The lowest BCUT2D eigenvalue weighted by Gasteiger charge is -2.11. The number of aldehydes is 1. The van der Waals surface area contributed by atoms with Gasteiger partial charge in [-0.05, 0) is 26.4 Å². The minimum atomic E-state index is 0.709. The predicted octanol–water partition coefficient (Wildman–Crippen LogP) is 2.30. The maximum Gasteiger partial charge on any atom is 0.150 e. The van der Waals surface area contributed by atoms with Gasteiger partial charge in [0.05, 0.1) is 5.52 Å². The number of hydrogen-bond acceptors (Lipinski definition) is 4. The lowest BCUT2D eigenvalue weighted by Crippen LogP contribution is -2.12. The van der Waals surface area contributed by atoms with Gasteiger partial charge in [0.15, 0.2) is 6.29 Å². The van der Waals surface area contributed by atoms with Gasteiger partial charge in [-0.25, -0.2) is 0 Å². The number of carbonyl (C=O) groups is 1. The van der Waals surface area contributed by atoms with Crippen LogP contribution in [0.25, 0.3) is 10.9 Å². The lowest BCUT2D eigenvalue weighted by molar-refractivity contribution is 0.112. The first-order valence-electron chi connectivity index (χ1n) is 5.98. The van der Waals surface area contributed by atoms with Crippen LogP contribution in [-0.2, 0) is 6.54 Å². The molecule has 0 saturated carbocycles. The average Bonchev–Trinajstić information content (AvgIpc) is 2.71. The number of nitrogens with zero attached hydrogens (tertiary/aromatic N) is 2. The standard InChI is InChI=1S/C14H18N2O2S/c1-15(2)8-11-13-10(9-17)6-5-7-12(13)16(18-3)14(11)19-4/h5-7,9H,8H2,1-4H3. The smallest absolute Gasteiger partial charge is 0.150 e. The molecule has 0 fully saturated rings. The average molecular weight is 278 g/mol. The predicted molar refractivity (Wildman–Crippen MR) is 79.0 cm³/mol. The van der Waals surface area contributed by atoms with Gasteiger partial charge in [0.1, 0.15) is 12.1 Å². The molecule has 0 aliphatic heterocycles. The van der Waals surface area contributed by atoms with E-state index in [1.165, 1.54) is 0 Å². The van der Waals surface area contributed by atoms with Gasteiger partial charge < -0.3 is 9.74 Å². The molecule has 0 spiro atoms. The Morgan fingerprint density at radius 3 is 2.68 bits per heavy atom. The van der Waals surface area contributed by atoms with Crippen LogP contribution in [0.15, 0.2) is 23.2 Å². The number of benzene rings is 1. The zero-order valence-electron chi connectivity index (χ0n) is 11.6. The molecular formula is C14H18N2O2S. The fourth-order valence-electron chi connectivity index (χ4n) is 2.34. The van der Waals surface area contributed by atoms with Gasteiger partial charge in [-0.3, -0.25) is 4.79 Å². The molecule has 1 aromatic carbocycles. The monoisotopic (exact) mass is 278 g/mol. The van der Waals surface area contributed by atoms with Crippen molar-refractivity contribution in [3.63, 3.8) is 0 Å². The van der Waals surface area contributed by atoms with Gasteiger partial charge in [-0.15, -0.1) is 11.8 Å². The molecule has 1 aromatic heterocycles. The highest BCUT2D eigenvalue weighted by molar-refractivity contribution is 7.98. The van der Waals surface area contributed by atoms with E-state index in [4.69, 9.17) is 4.84 Å². The van der Waals surface area contributed by atoms with Crippen molar-refractivity contribution in [3.8, 4) is 0 Å². The fourth-order valence-corrected chi connectivity index (χ4v) is 3.09. The minimum absolute atomic E-state index is 0.709. The number of hydrogen-bond donors (Lipinski definition) is 0. The van der Waals surface area contributed by atoms with E-state index in [9.17, 15) is 4.79 Å². The Hall–Kier alpha value is -1.46. The Morgan fingerprint density at radius 2 is 2.16 bits per heavy atom. The van der Waals surface area contributed by atoms with Gasteiger partial charge in [0.25, 0.3) is 0 Å². The van der Waals surface area contributed by atoms with Gasteiger partial charge >= 0.3 is 0 Å². The Bertz CT molecular complexity index is 605. The molecule has 0 atom stereocenters. The molecule has 19 heavy (non-hydrogen) atoms. The summed E-state index contributed by atoms with van der Waals surface area (Å²) >= 11 is 1.63. The molecule has 4 nitrogen and oxygen atoms in total. The Kier molecular flexibility index (Phi) is 4.17. The van der Waals surface area contributed by atoms with Crippen molar-refractivity contribution in [3.05, 3.63) is 29.3 Å². The zero-order chi connectivity index (χ0) is 14.0. The maximum atomic E-state index is 11.3. The fraction of sp³-hybridized carbons (Fsp3) is 0.357. The van der Waals surface area contributed by atoms with Crippen molar-refractivity contribution in [2.45, 2.75) is 11.6 Å². The number of carbonyl (C=O) groups excluding carboxylic acids is 1. The first-order chi connectivity index (χ1) is 9.13. The van der Waals surface area contributed by atoms with E-state index >= 15 is 0 Å². The van der Waals surface area contributed by atoms with E-state index in [-0.39, 0.29) is 0 Å². The van der Waals surface area contributed by atoms with Gasteiger partial charge in [-0.1, -0.05) is 12.1 Å². The van der Waals surface area contributed by atoms with E-state index in [1.54, 1.807) is 23.6 Å². The van der Waals surface area contributed by atoms with Crippen LogP contribution in [0.3, 0.4) is 0 Å². The van der Waals surface area contributed by atoms with Crippen LogP contribution in [-0.4, -0.2) is 43.4 Å². The van der Waals surface area contributed by atoms with Crippen LogP contribution in [0.1, 0.15) is 15.9 Å². The van der Waals surface area contributed by atoms with Crippen molar-refractivity contribution < 1.29 is 9.63 Å². The summed E-state index contributed by atoms with van der Waals surface area (Å²) in [6.07, 6.45) is 2.93. The summed E-state index contributed by atoms with van der Waals surface area (Å²) < 4.78 is 1.80. The van der Waals surface area contributed by atoms with E-state index in [1.807, 2.05) is 38.6 Å². The minimum Gasteiger partial charge on any atom is -0.416 e. The molecule has 2 aromatic rings. The summed E-state index contributed by atoms with van der Waals surface area (Å²) in [5.74, 6) is 0. The van der Waals surface area contributed by atoms with Crippen LogP contribution in [0.4, 0.5) is 0 Å². The van der Waals surface area contributed by atoms with E-state index in [2.05, 4.69) is 4.90 Å². The molecule has 102 valence electrons. The third kappa shape index (κ3) is 2.35. The van der Waals surface area contributed by atoms with E-state index in [0.717, 1.165) is 34.3 Å². The normalized spacial score (nSPS) is 11.2. The lowest BCUT2D eigenvalue weighted by atomic mass is 10.1. The molecular weight excluding hydrogens is 260 g/mol. The Labute approximate surface area is 117 Å². The second-order valence-electron chi connectivity index (χ2n) is 4.56. The van der Waals surface area contributed by atoms with Crippen LogP contribution in [0, 0.1) is 0 Å². The van der Waals surface area contributed by atoms with E-state index < -0.39 is 0 Å². The Balaban J connectivity index is 2.84. The number of rotatable bonds is 5. The summed E-state index contributed by atoms with van der Waals surface area (Å²) in [6, 6.07) is 5.70. The Morgan fingerprint density at radius 1 is 1.42 bits per heavy atom. The number of fused-ring (bicyclic) bond motifs is 1. The molecule has 0 bridgehead atoms. The first-order valence-corrected chi connectivity index (χ1v) is 7.21. The first kappa shape index (κ1) is 14.0. The summed E-state index contributed by atoms with van der Waals surface area (Å²) in [4.78, 5) is 18.9. The van der Waals surface area contributed by atoms with Crippen molar-refractivity contribution in [2.24, 2.45) is 0 Å². The summed E-state index contributed by atoms with van der Waals surface area (Å²) in [6.45, 7) is 0.772. The van der Waals surface area contributed by atoms with Crippen molar-refractivity contribution in [1.29, 1.82) is 0 Å². The van der Waals surface area contributed by atoms with Gasteiger partial charge in [-0.2, -0.15) is 4.73 Å². The third-order valence-corrected chi connectivity index (χ3v) is 3.81. The molecule has 0 saturated heterocycles. The van der Waals surface area contributed by atoms with E-state index in [0.29, 0.717) is 5.56 Å². The van der Waals surface area contributed by atoms with Crippen LogP contribution in [0.5, 0.6) is 0 Å². The second kappa shape index (κ2) is 5.67. The topological polar surface area (TPSA) is 34.5 Å². The molecule has 0 aliphatic carbocycles. The molecule has 0 amide bonds. The van der Waals surface area contributed by atoms with Crippen molar-refractivity contribution in [2.75, 3.05) is 27.5 Å². The number of thioether (sulfide) groups is 1. The van der Waals surface area contributed by atoms with Crippen LogP contribution in [0.2, 0.25) is 0 Å². The summed E-state index contributed by atoms with van der Waals surface area (Å²) in [5.41, 5.74) is 2.78. The summed E-state index contributed by atoms with van der Waals surface area (Å²) in [7, 11) is 5.68. The van der Waals surface area contributed by atoms with Crippen LogP contribution < -0.4 is 4.84 Å². The van der Waals surface area contributed by atoms with Gasteiger partial charge in [0.2, 0.25) is 0 Å². The molecule has 0 aliphatic rings. The van der Waals surface area contributed by atoms with Gasteiger partial charge in [0, 0.05) is 23.1 Å². The SMILES string of the molecule is COn1c(SC)c(CN(C)C)c2c(C=O)cccc21. The highest BCUT2D eigenvalue weighted by Crippen LogP contribution is 2.33. The highest BCUT2D eigenvalue weighted by atomic mass is 32.2. The summed E-state index contributed by atoms with van der Waals surface area (Å²) in [5, 5.41) is 2.03. The maximum absolute atomic E-state index is 11.3. The molecule has 0 radical (unpaired) electrons. The highest BCUT2D eigenvalue weighted by Gasteiger charge is 2.19. The number of aromatic nitrogens is 1. The second-order valence-corrected chi connectivity index (χ2v) is 5.36. The van der Waals surface area contributed by atoms with Crippen molar-refractivity contribution >= 4 is 29.0 Å². The quantitative estimate of drug-likeness (QED) is 0.621. The molecule has 0 N–H and O–H groups in total. The molecule has 2 rings (SSSR count). The molecule has 5 heteroatoms. The largest absolute Gasteiger partial charge is 0.416 e. The molecule has 1 heterocycles. The van der Waals surface area contributed by atoms with Crippen molar-refractivity contribution in [1.82, 2.24) is 9.63 Å².